The fraction of sp³-hybridized carbons (Fsp3) is 0.250. The zero-order valence-corrected chi connectivity index (χ0v) is 13.0. The molecule has 2 aromatic rings. The molecule has 0 heterocycles. The van der Waals surface area contributed by atoms with E-state index in [1.54, 1.807) is 7.11 Å². The summed E-state index contributed by atoms with van der Waals surface area (Å²) in [5.74, 6) is 1.42. The molecule has 0 unspecified atom stereocenters. The first kappa shape index (κ1) is 14.9. The second-order valence-corrected chi connectivity index (χ2v) is 5.25. The molecule has 0 aliphatic carbocycles. The Kier molecular flexibility index (Phi) is 5.44. The Morgan fingerprint density at radius 2 is 1.85 bits per heavy atom. The van der Waals surface area contributed by atoms with E-state index in [-0.39, 0.29) is 0 Å². The number of hydrogen-bond acceptors (Lipinski definition) is 3. The lowest BCUT2D eigenvalue weighted by atomic mass is 10.2. The molecule has 0 atom stereocenters. The van der Waals surface area contributed by atoms with E-state index in [1.807, 2.05) is 30.3 Å². The van der Waals surface area contributed by atoms with Gasteiger partial charge in [0.15, 0.2) is 11.5 Å². The molecule has 0 saturated carbocycles. The first-order valence-electron chi connectivity index (χ1n) is 6.47. The normalized spacial score (nSPS) is 10.3. The highest BCUT2D eigenvalue weighted by Gasteiger charge is 2.11. The Balaban J connectivity index is 2.05. The molecule has 0 aromatic heterocycles. The number of halogens is 1. The third-order valence-electron chi connectivity index (χ3n) is 3.00. The lowest BCUT2D eigenvalue weighted by molar-refractivity contribution is 0.295. The third kappa shape index (κ3) is 3.74. The van der Waals surface area contributed by atoms with Gasteiger partial charge in [-0.25, -0.2) is 0 Å². The number of nitrogens with two attached hydrogens (primary N) is 1. The van der Waals surface area contributed by atoms with Gasteiger partial charge in [-0.15, -0.1) is 0 Å². The highest BCUT2D eigenvalue weighted by molar-refractivity contribution is 9.10. The summed E-state index contributed by atoms with van der Waals surface area (Å²) >= 11 is 3.51. The largest absolute Gasteiger partial charge is 0.493 e. The van der Waals surface area contributed by atoms with Gasteiger partial charge >= 0.3 is 0 Å². The van der Waals surface area contributed by atoms with Gasteiger partial charge in [0.05, 0.1) is 18.2 Å². The average molecular weight is 336 g/mol. The van der Waals surface area contributed by atoms with Crippen LogP contribution < -0.4 is 15.2 Å². The highest BCUT2D eigenvalue weighted by atomic mass is 79.9. The van der Waals surface area contributed by atoms with Gasteiger partial charge in [0.2, 0.25) is 0 Å². The molecule has 20 heavy (non-hydrogen) atoms. The van der Waals surface area contributed by atoms with Crippen LogP contribution in [0, 0.1) is 0 Å². The van der Waals surface area contributed by atoms with Crippen molar-refractivity contribution in [2.75, 3.05) is 13.7 Å². The summed E-state index contributed by atoms with van der Waals surface area (Å²) < 4.78 is 12.1. The highest BCUT2D eigenvalue weighted by Crippen LogP contribution is 2.36. The molecule has 4 heteroatoms. The number of ether oxygens (including phenoxy) is 2. The molecule has 0 aliphatic heterocycles. The second kappa shape index (κ2) is 7.31. The third-order valence-corrected chi connectivity index (χ3v) is 3.59. The Hall–Kier alpha value is -1.52. The van der Waals surface area contributed by atoms with Crippen LogP contribution in [0.2, 0.25) is 0 Å². The standard InChI is InChI=1S/C16H18BrNO2/c1-19-15-10-13(11-18)9-14(17)16(15)20-8-7-12-5-3-2-4-6-12/h2-6,9-10H,7-8,11,18H2,1H3. The lowest BCUT2D eigenvalue weighted by Crippen LogP contribution is -2.04. The summed E-state index contributed by atoms with van der Waals surface area (Å²) in [5.41, 5.74) is 7.91. The molecule has 2 rings (SSSR count). The molecule has 2 N–H and O–H groups in total. The van der Waals surface area contributed by atoms with Crippen LogP contribution in [0.1, 0.15) is 11.1 Å². The van der Waals surface area contributed by atoms with Crippen molar-refractivity contribution >= 4 is 15.9 Å². The molecule has 3 nitrogen and oxygen atoms in total. The molecular weight excluding hydrogens is 318 g/mol. The molecule has 0 aliphatic rings. The topological polar surface area (TPSA) is 44.5 Å². The molecule has 0 radical (unpaired) electrons. The molecule has 2 aromatic carbocycles. The summed E-state index contributed by atoms with van der Waals surface area (Å²) in [7, 11) is 1.63. The smallest absolute Gasteiger partial charge is 0.175 e. The van der Waals surface area contributed by atoms with Crippen LogP contribution in [-0.2, 0) is 13.0 Å². The maximum absolute atomic E-state index is 5.85. The van der Waals surface area contributed by atoms with Crippen molar-refractivity contribution < 1.29 is 9.47 Å². The van der Waals surface area contributed by atoms with Gasteiger partial charge in [0, 0.05) is 13.0 Å². The first-order valence-corrected chi connectivity index (χ1v) is 7.27. The SMILES string of the molecule is COc1cc(CN)cc(Br)c1OCCc1ccccc1. The Labute approximate surface area is 127 Å². The summed E-state index contributed by atoms with van der Waals surface area (Å²) in [6.07, 6.45) is 0.856. The Morgan fingerprint density at radius 1 is 1.10 bits per heavy atom. The second-order valence-electron chi connectivity index (χ2n) is 4.40. The fourth-order valence-electron chi connectivity index (χ4n) is 1.95. The first-order chi connectivity index (χ1) is 9.74. The fourth-order valence-corrected chi connectivity index (χ4v) is 2.55. The maximum atomic E-state index is 5.85. The molecule has 0 saturated heterocycles. The van der Waals surface area contributed by atoms with Gasteiger partial charge < -0.3 is 15.2 Å². The van der Waals surface area contributed by atoms with Crippen molar-refractivity contribution in [1.82, 2.24) is 0 Å². The predicted molar refractivity (Wildman–Crippen MR) is 84.2 cm³/mol. The quantitative estimate of drug-likeness (QED) is 0.878. The Morgan fingerprint density at radius 3 is 2.50 bits per heavy atom. The van der Waals surface area contributed by atoms with E-state index in [1.165, 1.54) is 5.56 Å². The predicted octanol–water partition coefficient (Wildman–Crippen LogP) is 3.54. The van der Waals surface area contributed by atoms with Gasteiger partial charge in [0.1, 0.15) is 0 Å². The van der Waals surface area contributed by atoms with E-state index in [9.17, 15) is 0 Å². The number of benzene rings is 2. The van der Waals surface area contributed by atoms with Crippen molar-refractivity contribution in [3.63, 3.8) is 0 Å². The minimum absolute atomic E-state index is 0.471. The van der Waals surface area contributed by atoms with Crippen LogP contribution in [0.25, 0.3) is 0 Å². The van der Waals surface area contributed by atoms with Gasteiger partial charge in [-0.3, -0.25) is 0 Å². The summed E-state index contributed by atoms with van der Waals surface area (Å²) in [6.45, 7) is 1.07. The molecule has 0 amide bonds. The van der Waals surface area contributed by atoms with E-state index in [2.05, 4.69) is 28.1 Å². The van der Waals surface area contributed by atoms with Gasteiger partial charge in [-0.2, -0.15) is 0 Å². The van der Waals surface area contributed by atoms with Crippen LogP contribution in [0.4, 0.5) is 0 Å². The van der Waals surface area contributed by atoms with Gasteiger partial charge in [-0.1, -0.05) is 30.3 Å². The lowest BCUT2D eigenvalue weighted by Gasteiger charge is -2.14. The van der Waals surface area contributed by atoms with Crippen LogP contribution in [-0.4, -0.2) is 13.7 Å². The summed E-state index contributed by atoms with van der Waals surface area (Å²) in [6, 6.07) is 14.1. The number of methoxy groups -OCH3 is 1. The molecular formula is C16H18BrNO2. The van der Waals surface area contributed by atoms with E-state index in [0.29, 0.717) is 18.9 Å². The molecule has 106 valence electrons. The van der Waals surface area contributed by atoms with E-state index < -0.39 is 0 Å². The monoisotopic (exact) mass is 335 g/mol. The minimum atomic E-state index is 0.471. The number of rotatable bonds is 6. The van der Waals surface area contributed by atoms with Crippen molar-refractivity contribution in [1.29, 1.82) is 0 Å². The van der Waals surface area contributed by atoms with Crippen LogP contribution in [0.15, 0.2) is 46.9 Å². The number of hydrogen-bond donors (Lipinski definition) is 1. The van der Waals surface area contributed by atoms with Crippen LogP contribution >= 0.6 is 15.9 Å². The van der Waals surface area contributed by atoms with Gasteiger partial charge in [0.25, 0.3) is 0 Å². The summed E-state index contributed by atoms with van der Waals surface area (Å²) in [4.78, 5) is 0. The van der Waals surface area contributed by atoms with E-state index in [0.717, 1.165) is 22.2 Å². The average Bonchev–Trinajstić information content (AvgIpc) is 2.49. The molecule has 0 spiro atoms. The van der Waals surface area contributed by atoms with E-state index >= 15 is 0 Å². The zero-order valence-electron chi connectivity index (χ0n) is 11.4. The van der Waals surface area contributed by atoms with Crippen molar-refractivity contribution in [2.45, 2.75) is 13.0 Å². The van der Waals surface area contributed by atoms with Crippen molar-refractivity contribution in [3.8, 4) is 11.5 Å². The van der Waals surface area contributed by atoms with Crippen molar-refractivity contribution in [3.05, 3.63) is 58.1 Å². The zero-order chi connectivity index (χ0) is 14.4. The summed E-state index contributed by atoms with van der Waals surface area (Å²) in [5, 5.41) is 0. The minimum Gasteiger partial charge on any atom is -0.493 e. The van der Waals surface area contributed by atoms with Crippen LogP contribution in [0.5, 0.6) is 11.5 Å². The molecule has 0 fully saturated rings. The maximum Gasteiger partial charge on any atom is 0.175 e. The Bertz CT molecular complexity index is 558. The van der Waals surface area contributed by atoms with Gasteiger partial charge in [-0.05, 0) is 39.2 Å². The van der Waals surface area contributed by atoms with Crippen molar-refractivity contribution in [2.24, 2.45) is 5.73 Å². The van der Waals surface area contributed by atoms with E-state index in [4.69, 9.17) is 15.2 Å². The molecule has 0 bridgehead atoms. The van der Waals surface area contributed by atoms with Crippen LogP contribution in [0.3, 0.4) is 0 Å².